The highest BCUT2D eigenvalue weighted by Crippen LogP contribution is 2.51. The van der Waals surface area contributed by atoms with E-state index in [4.69, 9.17) is 9.47 Å². The monoisotopic (exact) mass is 392 g/mol. The molecular formula is C23H21FN2O3. The third-order valence-electron chi connectivity index (χ3n) is 6.70. The quantitative estimate of drug-likeness (QED) is 0.673. The molecule has 2 fully saturated rings. The highest BCUT2D eigenvalue weighted by Gasteiger charge is 2.51. The predicted molar refractivity (Wildman–Crippen MR) is 107 cm³/mol. The zero-order chi connectivity index (χ0) is 19.8. The second-order valence-corrected chi connectivity index (χ2v) is 8.77. The number of amides is 1. The summed E-state index contributed by atoms with van der Waals surface area (Å²) in [5.41, 5.74) is 2.51. The van der Waals surface area contributed by atoms with Crippen LogP contribution in [-0.2, 0) is 15.6 Å². The van der Waals surface area contributed by atoms with Gasteiger partial charge in [-0.05, 0) is 61.6 Å². The van der Waals surface area contributed by atoms with E-state index in [9.17, 15) is 9.18 Å². The lowest BCUT2D eigenvalue weighted by atomic mass is 9.94. The van der Waals surface area contributed by atoms with Crippen molar-refractivity contribution in [2.75, 3.05) is 12.1 Å². The summed E-state index contributed by atoms with van der Waals surface area (Å²) in [7, 11) is 0. The molecule has 3 aromatic rings. The molecule has 1 aromatic heterocycles. The molecule has 148 valence electrons. The summed E-state index contributed by atoms with van der Waals surface area (Å²) in [5, 5.41) is 3.73. The van der Waals surface area contributed by atoms with Gasteiger partial charge in [0.05, 0.1) is 10.9 Å². The van der Waals surface area contributed by atoms with Gasteiger partial charge in [-0.15, -0.1) is 0 Å². The number of aromatic amines is 1. The van der Waals surface area contributed by atoms with Gasteiger partial charge in [0.15, 0.2) is 11.5 Å². The van der Waals surface area contributed by atoms with E-state index >= 15 is 0 Å². The molecule has 2 heterocycles. The number of hydrogen-bond donors (Lipinski definition) is 2. The van der Waals surface area contributed by atoms with Crippen LogP contribution in [0.25, 0.3) is 10.9 Å². The van der Waals surface area contributed by atoms with Crippen LogP contribution in [0.2, 0.25) is 0 Å². The number of anilines is 1. The van der Waals surface area contributed by atoms with E-state index in [1.54, 1.807) is 0 Å². The zero-order valence-electron chi connectivity index (χ0n) is 16.1. The minimum absolute atomic E-state index is 0.111. The molecule has 2 aromatic carbocycles. The summed E-state index contributed by atoms with van der Waals surface area (Å²) in [6.07, 6.45) is 3.75. The Morgan fingerprint density at radius 3 is 2.62 bits per heavy atom. The number of rotatable bonds is 4. The third kappa shape index (κ3) is 2.55. The van der Waals surface area contributed by atoms with Crippen LogP contribution in [0.4, 0.5) is 10.1 Å². The van der Waals surface area contributed by atoms with Gasteiger partial charge in [0.2, 0.25) is 12.7 Å². The van der Waals surface area contributed by atoms with Gasteiger partial charge in [0.1, 0.15) is 5.82 Å². The molecule has 6 heteroatoms. The van der Waals surface area contributed by atoms with E-state index in [0.717, 1.165) is 42.3 Å². The minimum atomic E-state index is -0.586. The lowest BCUT2D eigenvalue weighted by Gasteiger charge is -2.16. The summed E-state index contributed by atoms with van der Waals surface area (Å²) in [5.74, 6) is 0.911. The molecule has 0 unspecified atom stereocenters. The van der Waals surface area contributed by atoms with Crippen LogP contribution in [0.1, 0.15) is 43.9 Å². The van der Waals surface area contributed by atoms with Crippen LogP contribution < -0.4 is 14.8 Å². The Morgan fingerprint density at radius 2 is 1.86 bits per heavy atom. The fourth-order valence-corrected chi connectivity index (χ4v) is 4.27. The minimum Gasteiger partial charge on any atom is -0.454 e. The van der Waals surface area contributed by atoms with Crippen LogP contribution >= 0.6 is 0 Å². The highest BCUT2D eigenvalue weighted by atomic mass is 19.1. The van der Waals surface area contributed by atoms with Crippen molar-refractivity contribution < 1.29 is 18.7 Å². The Morgan fingerprint density at radius 1 is 1.07 bits per heavy atom. The average Bonchev–Trinajstić information content (AvgIpc) is 3.56. The molecule has 2 aliphatic carbocycles. The Balaban J connectivity index is 1.30. The molecule has 0 spiro atoms. The smallest absolute Gasteiger partial charge is 0.235 e. The van der Waals surface area contributed by atoms with Gasteiger partial charge in [-0.3, -0.25) is 4.79 Å². The topological polar surface area (TPSA) is 63.4 Å². The number of fused-ring (bicyclic) bond motifs is 2. The van der Waals surface area contributed by atoms with E-state index in [-0.39, 0.29) is 23.9 Å². The number of benzene rings is 2. The summed E-state index contributed by atoms with van der Waals surface area (Å²) < 4.78 is 25.5. The van der Waals surface area contributed by atoms with Crippen molar-refractivity contribution in [1.29, 1.82) is 0 Å². The maximum atomic E-state index is 14.7. The molecule has 0 saturated heterocycles. The van der Waals surface area contributed by atoms with Crippen LogP contribution in [0.5, 0.6) is 11.5 Å². The standard InChI is InChI=1S/C23H21FN2O3/c1-22(4-5-22)19-9-13-8-15(11-16(24)20(13)26-19)25-21(27)23(6-7-23)14-2-3-17-18(10-14)29-12-28-17/h2-3,8-11,26H,4-7,12H2,1H3,(H,25,27). The maximum absolute atomic E-state index is 14.7. The van der Waals surface area contributed by atoms with Crippen LogP contribution in [-0.4, -0.2) is 17.7 Å². The van der Waals surface area contributed by atoms with E-state index in [2.05, 4.69) is 17.2 Å². The van der Waals surface area contributed by atoms with Crippen molar-refractivity contribution in [1.82, 2.24) is 4.98 Å². The molecule has 0 atom stereocenters. The van der Waals surface area contributed by atoms with Crippen LogP contribution in [0, 0.1) is 5.82 Å². The first kappa shape index (κ1) is 16.9. The fraction of sp³-hybridized carbons (Fsp3) is 0.348. The largest absolute Gasteiger partial charge is 0.454 e. The zero-order valence-corrected chi connectivity index (χ0v) is 16.1. The van der Waals surface area contributed by atoms with Crippen molar-refractivity contribution in [3.63, 3.8) is 0 Å². The molecule has 1 amide bonds. The lowest BCUT2D eigenvalue weighted by molar-refractivity contribution is -0.118. The number of carbonyl (C=O) groups is 1. The number of hydrogen-bond acceptors (Lipinski definition) is 3. The Labute approximate surface area is 167 Å². The Kier molecular flexibility index (Phi) is 3.22. The average molecular weight is 392 g/mol. The SMILES string of the molecule is CC1(c2cc3cc(NC(=O)C4(c5ccc6c(c5)OCO6)CC4)cc(F)c3[nH]2)CC1. The van der Waals surface area contributed by atoms with E-state index < -0.39 is 5.41 Å². The second-order valence-electron chi connectivity index (χ2n) is 8.77. The second kappa shape index (κ2) is 5.53. The van der Waals surface area contributed by atoms with E-state index in [1.807, 2.05) is 30.3 Å². The maximum Gasteiger partial charge on any atom is 0.235 e. The van der Waals surface area contributed by atoms with Crippen LogP contribution in [0.3, 0.4) is 0 Å². The van der Waals surface area contributed by atoms with Gasteiger partial charge in [-0.1, -0.05) is 13.0 Å². The Bertz CT molecular complexity index is 1170. The molecule has 6 rings (SSSR count). The van der Waals surface area contributed by atoms with Gasteiger partial charge in [0, 0.05) is 22.2 Å². The van der Waals surface area contributed by atoms with Gasteiger partial charge in [-0.2, -0.15) is 0 Å². The first-order valence-corrected chi connectivity index (χ1v) is 10.0. The van der Waals surface area contributed by atoms with Crippen LogP contribution in [0.15, 0.2) is 36.4 Å². The van der Waals surface area contributed by atoms with E-state index in [0.29, 0.717) is 22.7 Å². The number of ether oxygens (including phenoxy) is 2. The highest BCUT2D eigenvalue weighted by molar-refractivity contribution is 6.02. The van der Waals surface area contributed by atoms with Crippen molar-refractivity contribution in [2.24, 2.45) is 0 Å². The molecule has 2 N–H and O–H groups in total. The van der Waals surface area contributed by atoms with Crippen molar-refractivity contribution in [3.8, 4) is 11.5 Å². The number of nitrogens with one attached hydrogen (secondary N) is 2. The van der Waals surface area contributed by atoms with Gasteiger partial charge >= 0.3 is 0 Å². The lowest BCUT2D eigenvalue weighted by Crippen LogP contribution is -2.27. The van der Waals surface area contributed by atoms with E-state index in [1.165, 1.54) is 6.07 Å². The number of carbonyl (C=O) groups excluding carboxylic acids is 1. The molecule has 0 bridgehead atoms. The van der Waals surface area contributed by atoms with Gasteiger partial charge < -0.3 is 19.8 Å². The van der Waals surface area contributed by atoms with Crippen molar-refractivity contribution in [3.05, 3.63) is 53.5 Å². The first-order valence-electron chi connectivity index (χ1n) is 10.0. The number of halogens is 1. The molecular weight excluding hydrogens is 371 g/mol. The normalized spacial score (nSPS) is 19.9. The third-order valence-corrected chi connectivity index (χ3v) is 6.70. The summed E-state index contributed by atoms with van der Waals surface area (Å²) in [6.45, 7) is 2.38. The summed E-state index contributed by atoms with van der Waals surface area (Å²) >= 11 is 0. The Hall–Kier alpha value is -3.02. The molecule has 3 aliphatic rings. The molecule has 5 nitrogen and oxygen atoms in total. The fourth-order valence-electron chi connectivity index (χ4n) is 4.27. The van der Waals surface area contributed by atoms with Crippen molar-refractivity contribution >= 4 is 22.5 Å². The number of H-pyrrole nitrogens is 1. The molecule has 29 heavy (non-hydrogen) atoms. The molecule has 1 aliphatic heterocycles. The summed E-state index contributed by atoms with van der Waals surface area (Å²) in [4.78, 5) is 16.3. The number of aromatic nitrogens is 1. The van der Waals surface area contributed by atoms with Crippen molar-refractivity contribution in [2.45, 2.75) is 43.4 Å². The predicted octanol–water partition coefficient (Wildman–Crippen LogP) is 4.76. The van der Waals surface area contributed by atoms with Gasteiger partial charge in [0.25, 0.3) is 0 Å². The first-order chi connectivity index (χ1) is 14.0. The van der Waals surface area contributed by atoms with Gasteiger partial charge in [-0.25, -0.2) is 4.39 Å². The molecule has 0 radical (unpaired) electrons. The molecule has 2 saturated carbocycles. The summed E-state index contributed by atoms with van der Waals surface area (Å²) in [6, 6.07) is 10.9.